The van der Waals surface area contributed by atoms with Crippen molar-refractivity contribution in [2.45, 2.75) is 52.1 Å². The molecule has 3 rings (SSSR count). The molecular weight excluding hydrogens is 320 g/mol. The van der Waals surface area contributed by atoms with E-state index in [9.17, 15) is 9.59 Å². The van der Waals surface area contributed by atoms with Crippen molar-refractivity contribution in [3.8, 4) is 0 Å². The molecule has 1 aromatic carbocycles. The average molecular weight is 344 g/mol. The van der Waals surface area contributed by atoms with E-state index in [0.717, 1.165) is 42.8 Å². The van der Waals surface area contributed by atoms with Gasteiger partial charge in [0.15, 0.2) is 0 Å². The van der Waals surface area contributed by atoms with Gasteiger partial charge in [0, 0.05) is 23.2 Å². The second kappa shape index (κ2) is 7.34. The summed E-state index contributed by atoms with van der Waals surface area (Å²) in [5.74, 6) is 0.0774. The molecule has 0 N–H and O–H groups in total. The van der Waals surface area contributed by atoms with Crippen LogP contribution < -0.4 is 4.87 Å². The third-order valence-electron chi connectivity index (χ3n) is 4.98. The van der Waals surface area contributed by atoms with Crippen molar-refractivity contribution in [1.29, 1.82) is 0 Å². The number of amides is 1. The van der Waals surface area contributed by atoms with E-state index in [1.54, 1.807) is 4.57 Å². The molecule has 1 aliphatic heterocycles. The number of thiazole rings is 1. The molecule has 1 unspecified atom stereocenters. The van der Waals surface area contributed by atoms with Crippen LogP contribution in [0.3, 0.4) is 0 Å². The molecule has 1 amide bonds. The monoisotopic (exact) mass is 344 g/mol. The number of carbonyl (C=O) groups is 1. The Balaban J connectivity index is 1.64. The van der Waals surface area contributed by atoms with Crippen molar-refractivity contribution in [3.05, 3.63) is 56.1 Å². The third kappa shape index (κ3) is 3.61. The smallest absolute Gasteiger partial charge is 0.308 e. The summed E-state index contributed by atoms with van der Waals surface area (Å²) < 4.78 is 1.62. The van der Waals surface area contributed by atoms with Crippen molar-refractivity contribution in [2.24, 2.45) is 0 Å². The lowest BCUT2D eigenvalue weighted by Crippen LogP contribution is -2.39. The van der Waals surface area contributed by atoms with Crippen LogP contribution in [0, 0.1) is 13.8 Å². The van der Waals surface area contributed by atoms with E-state index < -0.39 is 0 Å². The van der Waals surface area contributed by atoms with E-state index in [4.69, 9.17) is 0 Å². The van der Waals surface area contributed by atoms with Crippen LogP contribution in [0.15, 0.2) is 35.1 Å². The van der Waals surface area contributed by atoms with Crippen LogP contribution in [0.5, 0.6) is 0 Å². The number of rotatable bonds is 5. The van der Waals surface area contributed by atoms with Crippen LogP contribution in [0.4, 0.5) is 0 Å². The maximum atomic E-state index is 12.7. The number of hydrogen-bond donors (Lipinski definition) is 0. The predicted molar refractivity (Wildman–Crippen MR) is 97.6 cm³/mol. The molecule has 1 aliphatic rings. The molecule has 0 spiro atoms. The second-order valence-electron chi connectivity index (χ2n) is 6.50. The predicted octanol–water partition coefficient (Wildman–Crippen LogP) is 3.15. The number of hydrogen-bond acceptors (Lipinski definition) is 3. The number of likely N-dealkylation sites (tertiary alicyclic amines) is 1. The standard InChI is InChI=1S/C19H24N2O2S/c1-14-15(2)24-19(23)21(14)13-18(22)20-12-6-9-17(20)11-10-16-7-4-3-5-8-16/h3-5,7-8,17H,6,9-13H2,1-2H3. The maximum absolute atomic E-state index is 12.7. The molecule has 1 saturated heterocycles. The van der Waals surface area contributed by atoms with E-state index in [-0.39, 0.29) is 17.3 Å². The quantitative estimate of drug-likeness (QED) is 0.836. The molecule has 1 aromatic heterocycles. The highest BCUT2D eigenvalue weighted by Crippen LogP contribution is 2.22. The first-order chi connectivity index (χ1) is 11.6. The molecule has 128 valence electrons. The number of carbonyl (C=O) groups excluding carboxylic acids is 1. The average Bonchev–Trinajstić information content (AvgIpc) is 3.14. The van der Waals surface area contributed by atoms with Gasteiger partial charge in [0.2, 0.25) is 5.91 Å². The van der Waals surface area contributed by atoms with Gasteiger partial charge in [-0.15, -0.1) is 0 Å². The molecule has 0 aliphatic carbocycles. The number of benzene rings is 1. The van der Waals surface area contributed by atoms with Gasteiger partial charge in [0.25, 0.3) is 0 Å². The lowest BCUT2D eigenvalue weighted by molar-refractivity contribution is -0.132. The molecule has 5 heteroatoms. The van der Waals surface area contributed by atoms with Crippen molar-refractivity contribution in [3.63, 3.8) is 0 Å². The first kappa shape index (κ1) is 17.0. The normalized spacial score (nSPS) is 17.4. The van der Waals surface area contributed by atoms with Crippen LogP contribution in [0.1, 0.15) is 35.4 Å². The lowest BCUT2D eigenvalue weighted by atomic mass is 10.0. The van der Waals surface area contributed by atoms with Crippen LogP contribution in [-0.2, 0) is 17.8 Å². The fraction of sp³-hybridized carbons (Fsp3) is 0.474. The van der Waals surface area contributed by atoms with Gasteiger partial charge >= 0.3 is 4.87 Å². The lowest BCUT2D eigenvalue weighted by Gasteiger charge is -2.25. The molecule has 2 heterocycles. The zero-order valence-corrected chi connectivity index (χ0v) is 15.1. The van der Waals surface area contributed by atoms with Crippen LogP contribution in [0.2, 0.25) is 0 Å². The van der Waals surface area contributed by atoms with Gasteiger partial charge in [-0.1, -0.05) is 41.7 Å². The van der Waals surface area contributed by atoms with Crippen molar-refractivity contribution >= 4 is 17.2 Å². The molecule has 1 atom stereocenters. The first-order valence-corrected chi connectivity index (χ1v) is 9.38. The minimum Gasteiger partial charge on any atom is -0.338 e. The molecule has 0 radical (unpaired) electrons. The topological polar surface area (TPSA) is 42.3 Å². The maximum Gasteiger partial charge on any atom is 0.308 e. The fourth-order valence-electron chi connectivity index (χ4n) is 3.44. The van der Waals surface area contributed by atoms with Gasteiger partial charge in [0.1, 0.15) is 6.54 Å². The summed E-state index contributed by atoms with van der Waals surface area (Å²) in [4.78, 5) is 27.7. The van der Waals surface area contributed by atoms with Gasteiger partial charge in [-0.25, -0.2) is 0 Å². The summed E-state index contributed by atoms with van der Waals surface area (Å²) in [6.07, 6.45) is 4.11. The Morgan fingerprint density at radius 3 is 2.67 bits per heavy atom. The van der Waals surface area contributed by atoms with E-state index in [2.05, 4.69) is 24.3 Å². The molecule has 0 saturated carbocycles. The summed E-state index contributed by atoms with van der Waals surface area (Å²) >= 11 is 1.23. The zero-order valence-electron chi connectivity index (χ0n) is 14.3. The van der Waals surface area contributed by atoms with Crippen LogP contribution in [-0.4, -0.2) is 28.0 Å². The summed E-state index contributed by atoms with van der Waals surface area (Å²) in [5, 5.41) is 0. The fourth-order valence-corrected chi connectivity index (χ4v) is 4.27. The van der Waals surface area contributed by atoms with Crippen LogP contribution in [0.25, 0.3) is 0 Å². The Bertz CT molecular complexity index is 763. The van der Waals surface area contributed by atoms with Gasteiger partial charge < -0.3 is 4.90 Å². The summed E-state index contributed by atoms with van der Waals surface area (Å²) in [6, 6.07) is 10.7. The zero-order chi connectivity index (χ0) is 17.1. The Hall–Kier alpha value is -1.88. The third-order valence-corrected chi connectivity index (χ3v) is 5.97. The van der Waals surface area contributed by atoms with E-state index in [1.165, 1.54) is 16.9 Å². The van der Waals surface area contributed by atoms with Crippen LogP contribution >= 0.6 is 11.3 Å². The number of nitrogens with zero attached hydrogens (tertiary/aromatic N) is 2. The number of aromatic nitrogens is 1. The summed E-state index contributed by atoms with van der Waals surface area (Å²) in [5.41, 5.74) is 2.23. The first-order valence-electron chi connectivity index (χ1n) is 8.56. The largest absolute Gasteiger partial charge is 0.338 e. The minimum absolute atomic E-state index is 0.0293. The van der Waals surface area contributed by atoms with Gasteiger partial charge in [-0.2, -0.15) is 0 Å². The van der Waals surface area contributed by atoms with Gasteiger partial charge in [-0.05, 0) is 45.1 Å². The van der Waals surface area contributed by atoms with Crippen molar-refractivity contribution in [2.75, 3.05) is 6.54 Å². The highest BCUT2D eigenvalue weighted by Gasteiger charge is 2.29. The van der Waals surface area contributed by atoms with E-state index in [0.29, 0.717) is 6.04 Å². The summed E-state index contributed by atoms with van der Waals surface area (Å²) in [6.45, 7) is 4.84. The Morgan fingerprint density at radius 2 is 2.00 bits per heavy atom. The van der Waals surface area contributed by atoms with Gasteiger partial charge in [-0.3, -0.25) is 14.2 Å². The molecule has 4 nitrogen and oxygen atoms in total. The van der Waals surface area contributed by atoms with E-state index in [1.807, 2.05) is 24.8 Å². The van der Waals surface area contributed by atoms with Crippen molar-refractivity contribution < 1.29 is 4.79 Å². The SMILES string of the molecule is Cc1sc(=O)n(CC(=O)N2CCCC2CCc2ccccc2)c1C. The number of aryl methyl sites for hydroxylation is 2. The second-order valence-corrected chi connectivity index (χ2v) is 7.67. The van der Waals surface area contributed by atoms with Crippen molar-refractivity contribution in [1.82, 2.24) is 9.47 Å². The Kier molecular flexibility index (Phi) is 5.19. The minimum atomic E-state index is -0.0293. The van der Waals surface area contributed by atoms with E-state index >= 15 is 0 Å². The molecule has 0 bridgehead atoms. The Labute approximate surface area is 146 Å². The molecule has 24 heavy (non-hydrogen) atoms. The molecule has 2 aromatic rings. The summed E-state index contributed by atoms with van der Waals surface area (Å²) in [7, 11) is 0. The highest BCUT2D eigenvalue weighted by molar-refractivity contribution is 7.09. The highest BCUT2D eigenvalue weighted by atomic mass is 32.1. The molecule has 1 fully saturated rings. The van der Waals surface area contributed by atoms with Gasteiger partial charge in [0.05, 0.1) is 0 Å². The Morgan fingerprint density at radius 1 is 1.25 bits per heavy atom. The molecular formula is C19H24N2O2S.